The SMILES string of the molecule is O=C1CC(=O)c2cc(OCc3ccccc3)ccc21. The van der Waals surface area contributed by atoms with E-state index < -0.39 is 0 Å². The summed E-state index contributed by atoms with van der Waals surface area (Å²) in [5.74, 6) is 0.394. The monoisotopic (exact) mass is 252 g/mol. The van der Waals surface area contributed by atoms with Gasteiger partial charge >= 0.3 is 0 Å². The molecule has 0 N–H and O–H groups in total. The fourth-order valence-corrected chi connectivity index (χ4v) is 2.16. The van der Waals surface area contributed by atoms with Crippen LogP contribution in [0.25, 0.3) is 0 Å². The van der Waals surface area contributed by atoms with E-state index in [9.17, 15) is 9.59 Å². The number of hydrogen-bond acceptors (Lipinski definition) is 3. The molecule has 19 heavy (non-hydrogen) atoms. The summed E-state index contributed by atoms with van der Waals surface area (Å²) in [6.45, 7) is 0.446. The van der Waals surface area contributed by atoms with Crippen LogP contribution in [0.4, 0.5) is 0 Å². The summed E-state index contributed by atoms with van der Waals surface area (Å²) in [5, 5.41) is 0. The van der Waals surface area contributed by atoms with Crippen LogP contribution in [0.1, 0.15) is 32.7 Å². The van der Waals surface area contributed by atoms with Crippen LogP contribution in [0, 0.1) is 0 Å². The standard InChI is InChI=1S/C16H12O3/c17-15-9-16(18)14-8-12(6-7-13(14)15)19-10-11-4-2-1-3-5-11/h1-8H,9-10H2. The Morgan fingerprint density at radius 3 is 2.42 bits per heavy atom. The van der Waals surface area contributed by atoms with Gasteiger partial charge in [0.2, 0.25) is 0 Å². The van der Waals surface area contributed by atoms with Crippen molar-refractivity contribution in [1.82, 2.24) is 0 Å². The van der Waals surface area contributed by atoms with E-state index in [2.05, 4.69) is 0 Å². The zero-order valence-corrected chi connectivity index (χ0v) is 10.3. The van der Waals surface area contributed by atoms with Crippen molar-refractivity contribution in [1.29, 1.82) is 0 Å². The number of hydrogen-bond donors (Lipinski definition) is 0. The summed E-state index contributed by atoms with van der Waals surface area (Å²) in [6.07, 6.45) is -0.0164. The zero-order chi connectivity index (χ0) is 13.2. The molecule has 0 amide bonds. The lowest BCUT2D eigenvalue weighted by Gasteiger charge is -2.07. The third-order valence-corrected chi connectivity index (χ3v) is 3.16. The van der Waals surface area contributed by atoms with Gasteiger partial charge in [-0.15, -0.1) is 0 Å². The summed E-state index contributed by atoms with van der Waals surface area (Å²) in [6, 6.07) is 14.9. The first kappa shape index (κ1) is 11.7. The van der Waals surface area contributed by atoms with E-state index >= 15 is 0 Å². The van der Waals surface area contributed by atoms with Crippen LogP contribution in [0.3, 0.4) is 0 Å². The van der Waals surface area contributed by atoms with Crippen LogP contribution < -0.4 is 4.74 Å². The second-order valence-electron chi connectivity index (χ2n) is 4.50. The van der Waals surface area contributed by atoms with Crippen molar-refractivity contribution in [3.05, 3.63) is 65.2 Å². The smallest absolute Gasteiger partial charge is 0.171 e. The van der Waals surface area contributed by atoms with Gasteiger partial charge < -0.3 is 4.74 Å². The average molecular weight is 252 g/mol. The van der Waals surface area contributed by atoms with Crippen LogP contribution in [-0.4, -0.2) is 11.6 Å². The van der Waals surface area contributed by atoms with Crippen LogP contribution >= 0.6 is 0 Å². The highest BCUT2D eigenvalue weighted by molar-refractivity contribution is 6.24. The lowest BCUT2D eigenvalue weighted by atomic mass is 10.1. The van der Waals surface area contributed by atoms with Gasteiger partial charge in [-0.05, 0) is 23.8 Å². The van der Waals surface area contributed by atoms with Crippen molar-refractivity contribution in [2.24, 2.45) is 0 Å². The largest absolute Gasteiger partial charge is 0.489 e. The highest BCUT2D eigenvalue weighted by Gasteiger charge is 2.27. The zero-order valence-electron chi connectivity index (χ0n) is 10.3. The number of Topliss-reactive ketones (excluding diaryl/α,β-unsaturated/α-hetero) is 2. The first-order valence-corrected chi connectivity index (χ1v) is 6.11. The molecule has 3 heteroatoms. The lowest BCUT2D eigenvalue weighted by molar-refractivity contribution is 0.0923. The maximum absolute atomic E-state index is 11.6. The van der Waals surface area contributed by atoms with Gasteiger partial charge in [0.15, 0.2) is 11.6 Å². The molecule has 0 spiro atoms. The molecule has 0 saturated carbocycles. The Kier molecular flexibility index (Phi) is 2.88. The molecule has 0 fully saturated rings. The molecule has 0 radical (unpaired) electrons. The fraction of sp³-hybridized carbons (Fsp3) is 0.125. The summed E-state index contributed by atoms with van der Waals surface area (Å²) in [4.78, 5) is 23.1. The van der Waals surface area contributed by atoms with E-state index in [0.717, 1.165) is 5.56 Å². The normalized spacial score (nSPS) is 13.5. The van der Waals surface area contributed by atoms with Gasteiger partial charge in [-0.25, -0.2) is 0 Å². The van der Waals surface area contributed by atoms with Gasteiger partial charge in [-0.1, -0.05) is 30.3 Å². The fourth-order valence-electron chi connectivity index (χ4n) is 2.16. The van der Waals surface area contributed by atoms with Crippen molar-refractivity contribution in [3.63, 3.8) is 0 Å². The summed E-state index contributed by atoms with van der Waals surface area (Å²) in [7, 11) is 0. The van der Waals surface area contributed by atoms with Gasteiger partial charge in [0.25, 0.3) is 0 Å². The number of fused-ring (bicyclic) bond motifs is 1. The second-order valence-corrected chi connectivity index (χ2v) is 4.50. The Hall–Kier alpha value is -2.42. The Balaban J connectivity index is 1.78. The highest BCUT2D eigenvalue weighted by atomic mass is 16.5. The molecule has 0 bridgehead atoms. The third kappa shape index (κ3) is 2.27. The lowest BCUT2D eigenvalue weighted by Crippen LogP contribution is -1.97. The molecule has 0 aliphatic heterocycles. The summed E-state index contributed by atoms with van der Waals surface area (Å²) in [5.41, 5.74) is 2.05. The van der Waals surface area contributed by atoms with Crippen molar-refractivity contribution >= 4 is 11.6 Å². The Morgan fingerprint density at radius 1 is 0.895 bits per heavy atom. The maximum Gasteiger partial charge on any atom is 0.171 e. The second kappa shape index (κ2) is 4.69. The number of benzene rings is 2. The Bertz CT molecular complexity index is 644. The van der Waals surface area contributed by atoms with Crippen molar-refractivity contribution in [2.45, 2.75) is 13.0 Å². The van der Waals surface area contributed by atoms with E-state index in [1.165, 1.54) is 0 Å². The summed E-state index contributed by atoms with van der Waals surface area (Å²) >= 11 is 0. The minimum absolute atomic E-state index is 0.0164. The number of carbonyl (C=O) groups is 2. The van der Waals surface area contributed by atoms with Gasteiger partial charge in [-0.3, -0.25) is 9.59 Å². The van der Waals surface area contributed by atoms with E-state index in [1.807, 2.05) is 30.3 Å². The van der Waals surface area contributed by atoms with Crippen LogP contribution in [-0.2, 0) is 6.61 Å². The third-order valence-electron chi connectivity index (χ3n) is 3.16. The molecule has 2 aromatic rings. The van der Waals surface area contributed by atoms with E-state index in [1.54, 1.807) is 18.2 Å². The number of ether oxygens (including phenoxy) is 1. The molecule has 94 valence electrons. The number of ketones is 2. The van der Waals surface area contributed by atoms with Crippen molar-refractivity contribution < 1.29 is 14.3 Å². The molecule has 3 nitrogen and oxygen atoms in total. The predicted octanol–water partition coefficient (Wildman–Crippen LogP) is 3.03. The van der Waals surface area contributed by atoms with Crippen LogP contribution in [0.15, 0.2) is 48.5 Å². The van der Waals surface area contributed by atoms with Crippen LogP contribution in [0.5, 0.6) is 5.75 Å². The number of carbonyl (C=O) groups excluding carboxylic acids is 2. The van der Waals surface area contributed by atoms with Crippen molar-refractivity contribution in [2.75, 3.05) is 0 Å². The molecule has 1 aliphatic carbocycles. The number of rotatable bonds is 3. The maximum atomic E-state index is 11.6. The minimum atomic E-state index is -0.120. The minimum Gasteiger partial charge on any atom is -0.489 e. The molecule has 0 aromatic heterocycles. The first-order valence-electron chi connectivity index (χ1n) is 6.11. The predicted molar refractivity (Wildman–Crippen MR) is 70.5 cm³/mol. The first-order chi connectivity index (χ1) is 9.24. The quantitative estimate of drug-likeness (QED) is 0.788. The molecule has 3 rings (SSSR count). The molecule has 0 atom stereocenters. The van der Waals surface area contributed by atoms with Gasteiger partial charge in [0.1, 0.15) is 12.4 Å². The molecule has 0 heterocycles. The van der Waals surface area contributed by atoms with E-state index in [0.29, 0.717) is 23.5 Å². The Morgan fingerprint density at radius 2 is 1.63 bits per heavy atom. The highest BCUT2D eigenvalue weighted by Crippen LogP contribution is 2.26. The molecule has 2 aromatic carbocycles. The van der Waals surface area contributed by atoms with Gasteiger partial charge in [0.05, 0.1) is 6.42 Å². The molecule has 0 saturated heterocycles. The van der Waals surface area contributed by atoms with Gasteiger partial charge in [-0.2, -0.15) is 0 Å². The molecular formula is C16H12O3. The topological polar surface area (TPSA) is 43.4 Å². The van der Waals surface area contributed by atoms with E-state index in [4.69, 9.17) is 4.74 Å². The van der Waals surface area contributed by atoms with E-state index in [-0.39, 0.29) is 18.0 Å². The van der Waals surface area contributed by atoms with Gasteiger partial charge in [0, 0.05) is 11.1 Å². The summed E-state index contributed by atoms with van der Waals surface area (Å²) < 4.78 is 5.64. The van der Waals surface area contributed by atoms with Crippen molar-refractivity contribution in [3.8, 4) is 5.75 Å². The van der Waals surface area contributed by atoms with Crippen LogP contribution in [0.2, 0.25) is 0 Å². The Labute approximate surface area is 110 Å². The average Bonchev–Trinajstić information content (AvgIpc) is 2.73. The molecule has 0 unspecified atom stereocenters. The molecular weight excluding hydrogens is 240 g/mol. The molecule has 1 aliphatic rings.